The second-order valence-corrected chi connectivity index (χ2v) is 6.16. The fraction of sp³-hybridized carbons (Fsp3) is 0.562. The fourth-order valence-electron chi connectivity index (χ4n) is 3.00. The van der Waals surface area contributed by atoms with Gasteiger partial charge in [-0.1, -0.05) is 30.3 Å². The molecule has 7 heteroatoms. The number of aromatic nitrogens is 4. The topological polar surface area (TPSA) is 76.3 Å². The molecule has 1 aromatic carbocycles. The van der Waals surface area contributed by atoms with Gasteiger partial charge in [-0.25, -0.2) is 0 Å². The SMILES string of the molecule is C[C@@H]1CN(C[C@@H](O)Cn2nnc(-c3ccccc3)n2)C[C@@H](C)O1. The van der Waals surface area contributed by atoms with Gasteiger partial charge in [0.1, 0.15) is 0 Å². The Kier molecular flexibility index (Phi) is 5.00. The Balaban J connectivity index is 1.56. The number of β-amino-alcohol motifs (C(OH)–C–C–N with tert-alkyl or cyclic N) is 1. The summed E-state index contributed by atoms with van der Waals surface area (Å²) in [7, 11) is 0. The lowest BCUT2D eigenvalue weighted by Gasteiger charge is -2.36. The van der Waals surface area contributed by atoms with Crippen LogP contribution in [0.4, 0.5) is 0 Å². The van der Waals surface area contributed by atoms with Crippen LogP contribution in [0, 0.1) is 0 Å². The molecule has 0 amide bonds. The van der Waals surface area contributed by atoms with Gasteiger partial charge in [-0.15, -0.1) is 10.2 Å². The molecule has 2 heterocycles. The Morgan fingerprint density at radius 1 is 1.17 bits per heavy atom. The van der Waals surface area contributed by atoms with Crippen molar-refractivity contribution in [3.63, 3.8) is 0 Å². The number of hydrogen-bond donors (Lipinski definition) is 1. The van der Waals surface area contributed by atoms with Crippen LogP contribution >= 0.6 is 0 Å². The smallest absolute Gasteiger partial charge is 0.204 e. The number of tetrazole rings is 1. The average Bonchev–Trinajstić information content (AvgIpc) is 2.95. The van der Waals surface area contributed by atoms with Gasteiger partial charge in [0, 0.05) is 25.2 Å². The van der Waals surface area contributed by atoms with Gasteiger partial charge in [-0.2, -0.15) is 4.80 Å². The Hall–Kier alpha value is -1.83. The molecule has 0 bridgehead atoms. The van der Waals surface area contributed by atoms with E-state index in [4.69, 9.17) is 4.74 Å². The van der Waals surface area contributed by atoms with Gasteiger partial charge in [0.2, 0.25) is 5.82 Å². The summed E-state index contributed by atoms with van der Waals surface area (Å²) in [6.45, 7) is 6.70. The number of aliphatic hydroxyl groups is 1. The van der Waals surface area contributed by atoms with E-state index >= 15 is 0 Å². The number of ether oxygens (including phenoxy) is 1. The molecule has 0 radical (unpaired) electrons. The van der Waals surface area contributed by atoms with E-state index in [9.17, 15) is 5.11 Å². The molecule has 1 aliphatic rings. The summed E-state index contributed by atoms with van der Waals surface area (Å²) in [5.41, 5.74) is 0.920. The van der Waals surface area contributed by atoms with Crippen molar-refractivity contribution in [1.82, 2.24) is 25.1 Å². The summed E-state index contributed by atoms with van der Waals surface area (Å²) < 4.78 is 5.71. The predicted octanol–water partition coefficient (Wildman–Crippen LogP) is 0.810. The van der Waals surface area contributed by atoms with Crippen molar-refractivity contribution in [3.05, 3.63) is 30.3 Å². The van der Waals surface area contributed by atoms with E-state index in [0.29, 0.717) is 18.9 Å². The average molecular weight is 317 g/mol. The summed E-state index contributed by atoms with van der Waals surface area (Å²) in [4.78, 5) is 3.68. The molecule has 2 aromatic rings. The molecule has 0 saturated carbocycles. The van der Waals surface area contributed by atoms with Crippen molar-refractivity contribution in [2.45, 2.75) is 38.7 Å². The first-order chi connectivity index (χ1) is 11.1. The van der Waals surface area contributed by atoms with Crippen molar-refractivity contribution in [1.29, 1.82) is 0 Å². The van der Waals surface area contributed by atoms with Crippen LogP contribution in [0.1, 0.15) is 13.8 Å². The van der Waals surface area contributed by atoms with Crippen LogP contribution < -0.4 is 0 Å². The van der Waals surface area contributed by atoms with Crippen molar-refractivity contribution in [3.8, 4) is 11.4 Å². The second-order valence-electron chi connectivity index (χ2n) is 6.16. The lowest BCUT2D eigenvalue weighted by molar-refractivity contribution is -0.0776. The summed E-state index contributed by atoms with van der Waals surface area (Å²) in [6, 6.07) is 9.70. The Labute approximate surface area is 135 Å². The van der Waals surface area contributed by atoms with E-state index in [2.05, 4.69) is 34.2 Å². The van der Waals surface area contributed by atoms with Crippen LogP contribution in [0.2, 0.25) is 0 Å². The molecule has 23 heavy (non-hydrogen) atoms. The zero-order valence-electron chi connectivity index (χ0n) is 13.5. The fourth-order valence-corrected chi connectivity index (χ4v) is 3.00. The van der Waals surface area contributed by atoms with Gasteiger partial charge >= 0.3 is 0 Å². The minimum atomic E-state index is -0.537. The van der Waals surface area contributed by atoms with E-state index in [-0.39, 0.29) is 12.2 Å². The number of hydrogen-bond acceptors (Lipinski definition) is 6. The Morgan fingerprint density at radius 2 is 1.87 bits per heavy atom. The van der Waals surface area contributed by atoms with E-state index < -0.39 is 6.10 Å². The maximum atomic E-state index is 10.3. The molecule has 7 nitrogen and oxygen atoms in total. The third-order valence-electron chi connectivity index (χ3n) is 3.82. The van der Waals surface area contributed by atoms with Crippen molar-refractivity contribution < 1.29 is 9.84 Å². The molecule has 1 saturated heterocycles. The molecule has 1 fully saturated rings. The van der Waals surface area contributed by atoms with Crippen molar-refractivity contribution in [2.75, 3.05) is 19.6 Å². The van der Waals surface area contributed by atoms with Crippen LogP contribution in [0.3, 0.4) is 0 Å². The molecule has 1 N–H and O–H groups in total. The molecule has 1 aliphatic heterocycles. The Bertz CT molecular complexity index is 608. The first-order valence-corrected chi connectivity index (χ1v) is 7.99. The highest BCUT2D eigenvalue weighted by Gasteiger charge is 2.24. The van der Waals surface area contributed by atoms with Crippen molar-refractivity contribution in [2.24, 2.45) is 0 Å². The minimum absolute atomic E-state index is 0.195. The lowest BCUT2D eigenvalue weighted by Crippen LogP contribution is -2.48. The largest absolute Gasteiger partial charge is 0.390 e. The molecule has 3 atom stereocenters. The zero-order chi connectivity index (χ0) is 16.2. The zero-order valence-corrected chi connectivity index (χ0v) is 13.5. The van der Waals surface area contributed by atoms with E-state index in [1.807, 2.05) is 30.3 Å². The quantitative estimate of drug-likeness (QED) is 0.879. The van der Waals surface area contributed by atoms with Crippen LogP contribution in [0.5, 0.6) is 0 Å². The highest BCUT2D eigenvalue weighted by molar-refractivity contribution is 5.52. The van der Waals surface area contributed by atoms with Crippen LogP contribution in [-0.2, 0) is 11.3 Å². The standard InChI is InChI=1S/C16H23N5O2/c1-12-8-20(9-13(2)23-12)10-15(22)11-21-18-16(17-19-21)14-6-4-3-5-7-14/h3-7,12-13,15,22H,8-11H2,1-2H3/t12-,13-,15-/m1/s1. The first-order valence-electron chi connectivity index (χ1n) is 7.99. The second kappa shape index (κ2) is 7.16. The number of nitrogens with zero attached hydrogens (tertiary/aromatic N) is 5. The minimum Gasteiger partial charge on any atom is -0.390 e. The predicted molar refractivity (Wildman–Crippen MR) is 85.7 cm³/mol. The van der Waals surface area contributed by atoms with Gasteiger partial charge in [0.15, 0.2) is 0 Å². The third kappa shape index (κ3) is 4.34. The molecule has 124 valence electrons. The number of aliphatic hydroxyl groups excluding tert-OH is 1. The number of morpholine rings is 1. The van der Waals surface area contributed by atoms with Gasteiger partial charge < -0.3 is 9.84 Å². The number of benzene rings is 1. The van der Waals surface area contributed by atoms with E-state index in [1.54, 1.807) is 0 Å². The van der Waals surface area contributed by atoms with E-state index in [1.165, 1.54) is 4.80 Å². The highest BCUT2D eigenvalue weighted by Crippen LogP contribution is 2.13. The summed E-state index contributed by atoms with van der Waals surface area (Å²) >= 11 is 0. The van der Waals surface area contributed by atoms with Gasteiger partial charge in [0.25, 0.3) is 0 Å². The molecule has 1 aromatic heterocycles. The summed E-state index contributed by atoms with van der Waals surface area (Å²) in [6.07, 6.45) is -0.148. The molecule has 3 rings (SSSR count). The van der Waals surface area contributed by atoms with Gasteiger partial charge in [-0.3, -0.25) is 4.90 Å². The molecule has 0 aliphatic carbocycles. The summed E-state index contributed by atoms with van der Waals surface area (Å²) in [5, 5.41) is 22.7. The molecule has 0 spiro atoms. The summed E-state index contributed by atoms with van der Waals surface area (Å²) in [5.74, 6) is 0.575. The normalized spacial score (nSPS) is 23.8. The monoisotopic (exact) mass is 317 g/mol. The maximum absolute atomic E-state index is 10.3. The van der Waals surface area contributed by atoms with Gasteiger partial charge in [-0.05, 0) is 19.1 Å². The molecule has 0 unspecified atom stereocenters. The van der Waals surface area contributed by atoms with Crippen LogP contribution in [-0.4, -0.2) is 68.2 Å². The molecular weight excluding hydrogens is 294 g/mol. The number of rotatable bonds is 5. The highest BCUT2D eigenvalue weighted by atomic mass is 16.5. The third-order valence-corrected chi connectivity index (χ3v) is 3.82. The van der Waals surface area contributed by atoms with Gasteiger partial charge in [0.05, 0.1) is 24.9 Å². The maximum Gasteiger partial charge on any atom is 0.204 e. The van der Waals surface area contributed by atoms with Crippen LogP contribution in [0.25, 0.3) is 11.4 Å². The van der Waals surface area contributed by atoms with E-state index in [0.717, 1.165) is 18.7 Å². The lowest BCUT2D eigenvalue weighted by atomic mass is 10.2. The molecular formula is C16H23N5O2. The Morgan fingerprint density at radius 3 is 2.57 bits per heavy atom. The first kappa shape index (κ1) is 16.0. The van der Waals surface area contributed by atoms with Crippen LogP contribution in [0.15, 0.2) is 30.3 Å². The van der Waals surface area contributed by atoms with Crippen molar-refractivity contribution >= 4 is 0 Å².